The molecule has 1 unspecified atom stereocenters. The first-order valence-corrected chi connectivity index (χ1v) is 6.60. The van der Waals surface area contributed by atoms with Gasteiger partial charge in [0.2, 0.25) is 0 Å². The van der Waals surface area contributed by atoms with Gasteiger partial charge in [-0.25, -0.2) is 4.39 Å². The third-order valence-corrected chi connectivity index (χ3v) is 4.59. The molecule has 1 aliphatic rings. The Labute approximate surface area is 90.7 Å². The Balaban J connectivity index is 2.11. The number of hydrogen-bond donors (Lipinski definition) is 0. The highest BCUT2D eigenvalue weighted by molar-refractivity contribution is 8.00. The molecule has 1 atom stereocenters. The molecule has 2 heterocycles. The molecule has 1 nitrogen and oxygen atoms in total. The van der Waals surface area contributed by atoms with Crippen molar-refractivity contribution in [2.75, 3.05) is 5.75 Å². The highest BCUT2D eigenvalue weighted by Gasteiger charge is 2.25. The van der Waals surface area contributed by atoms with Crippen LogP contribution in [-0.2, 0) is 0 Å². The minimum absolute atomic E-state index is 0.00287. The van der Waals surface area contributed by atoms with Crippen LogP contribution in [0.2, 0.25) is 0 Å². The molecule has 0 N–H and O–H groups in total. The first kappa shape index (κ1) is 10.2. The van der Waals surface area contributed by atoms with Crippen molar-refractivity contribution in [3.05, 3.63) is 22.1 Å². The van der Waals surface area contributed by atoms with Crippen molar-refractivity contribution in [3.63, 3.8) is 0 Å². The zero-order valence-electron chi connectivity index (χ0n) is 7.66. The summed E-state index contributed by atoms with van der Waals surface area (Å²) < 4.78 is 13.1. The summed E-state index contributed by atoms with van der Waals surface area (Å²) in [6.07, 6.45) is 3.18. The molecule has 0 spiro atoms. The summed E-state index contributed by atoms with van der Waals surface area (Å²) in [4.78, 5) is 12.1. The van der Waals surface area contributed by atoms with Crippen LogP contribution < -0.4 is 0 Å². The number of carbonyl (C=O) groups is 1. The molecule has 0 amide bonds. The van der Waals surface area contributed by atoms with Crippen LogP contribution in [0.15, 0.2) is 11.4 Å². The zero-order chi connectivity index (χ0) is 9.97. The van der Waals surface area contributed by atoms with E-state index in [0.717, 1.165) is 18.6 Å². The highest BCUT2D eigenvalue weighted by Crippen LogP contribution is 2.30. The minimum atomic E-state index is -0.355. The SMILES string of the molecule is O=C(c1sccc1F)C1CCCCS1. The molecule has 0 radical (unpaired) electrons. The number of rotatable bonds is 2. The van der Waals surface area contributed by atoms with Gasteiger partial charge < -0.3 is 0 Å². The summed E-state index contributed by atoms with van der Waals surface area (Å²) in [5.74, 6) is 0.664. The average molecular weight is 230 g/mol. The summed E-state index contributed by atoms with van der Waals surface area (Å²) in [6.45, 7) is 0. The molecule has 76 valence electrons. The molecule has 1 aromatic rings. The molecule has 1 aliphatic heterocycles. The van der Waals surface area contributed by atoms with Crippen LogP contribution in [0.25, 0.3) is 0 Å². The number of carbonyl (C=O) groups excluding carboxylic acids is 1. The van der Waals surface area contributed by atoms with Crippen molar-refractivity contribution < 1.29 is 9.18 Å². The van der Waals surface area contributed by atoms with Crippen molar-refractivity contribution in [1.29, 1.82) is 0 Å². The predicted octanol–water partition coefficient (Wildman–Crippen LogP) is 3.36. The minimum Gasteiger partial charge on any atom is -0.292 e. The Kier molecular flexibility index (Phi) is 3.23. The van der Waals surface area contributed by atoms with E-state index in [-0.39, 0.29) is 16.9 Å². The Morgan fingerprint density at radius 1 is 1.50 bits per heavy atom. The van der Waals surface area contributed by atoms with Gasteiger partial charge in [0.25, 0.3) is 0 Å². The van der Waals surface area contributed by atoms with E-state index in [1.54, 1.807) is 17.1 Å². The van der Waals surface area contributed by atoms with Crippen molar-refractivity contribution in [2.24, 2.45) is 0 Å². The summed E-state index contributed by atoms with van der Waals surface area (Å²) in [7, 11) is 0. The van der Waals surface area contributed by atoms with Gasteiger partial charge in [-0.3, -0.25) is 4.79 Å². The van der Waals surface area contributed by atoms with Crippen LogP contribution in [0.3, 0.4) is 0 Å². The van der Waals surface area contributed by atoms with Gasteiger partial charge in [-0.2, -0.15) is 11.8 Å². The van der Waals surface area contributed by atoms with E-state index in [4.69, 9.17) is 0 Å². The summed E-state index contributed by atoms with van der Waals surface area (Å²) in [6, 6.07) is 1.37. The normalized spacial score (nSPS) is 22.2. The number of thiophene rings is 1. The van der Waals surface area contributed by atoms with E-state index in [9.17, 15) is 9.18 Å². The molecular formula is C10H11FOS2. The van der Waals surface area contributed by atoms with Crippen molar-refractivity contribution in [2.45, 2.75) is 24.5 Å². The lowest BCUT2D eigenvalue weighted by molar-refractivity contribution is 0.0985. The Hall–Kier alpha value is -0.350. The molecule has 0 aliphatic carbocycles. The van der Waals surface area contributed by atoms with Gasteiger partial charge in [-0.05, 0) is 30.0 Å². The van der Waals surface area contributed by atoms with E-state index in [0.29, 0.717) is 4.88 Å². The van der Waals surface area contributed by atoms with Crippen LogP contribution in [0.1, 0.15) is 28.9 Å². The maximum absolute atomic E-state index is 13.1. The lowest BCUT2D eigenvalue weighted by atomic mass is 10.1. The third kappa shape index (κ3) is 2.01. The molecule has 0 bridgehead atoms. The average Bonchev–Trinajstić information content (AvgIpc) is 2.65. The lowest BCUT2D eigenvalue weighted by Gasteiger charge is -2.19. The van der Waals surface area contributed by atoms with Crippen LogP contribution in [-0.4, -0.2) is 16.8 Å². The summed E-state index contributed by atoms with van der Waals surface area (Å²) in [5.41, 5.74) is 0. The quantitative estimate of drug-likeness (QED) is 0.725. The lowest BCUT2D eigenvalue weighted by Crippen LogP contribution is -2.20. The first-order chi connectivity index (χ1) is 6.79. The smallest absolute Gasteiger partial charge is 0.188 e. The predicted molar refractivity (Wildman–Crippen MR) is 58.7 cm³/mol. The number of hydrogen-bond acceptors (Lipinski definition) is 3. The molecule has 2 rings (SSSR count). The van der Waals surface area contributed by atoms with E-state index in [2.05, 4.69) is 0 Å². The Morgan fingerprint density at radius 2 is 2.36 bits per heavy atom. The fourth-order valence-corrected chi connectivity index (χ4v) is 3.66. The molecular weight excluding hydrogens is 219 g/mol. The van der Waals surface area contributed by atoms with Crippen molar-refractivity contribution >= 4 is 28.9 Å². The molecule has 0 saturated carbocycles. The Morgan fingerprint density at radius 3 is 2.93 bits per heavy atom. The van der Waals surface area contributed by atoms with Crippen LogP contribution in [0.5, 0.6) is 0 Å². The van der Waals surface area contributed by atoms with Gasteiger partial charge in [0.1, 0.15) is 10.7 Å². The maximum atomic E-state index is 13.1. The molecule has 4 heteroatoms. The number of halogens is 1. The van der Waals surface area contributed by atoms with Crippen molar-refractivity contribution in [1.82, 2.24) is 0 Å². The third-order valence-electron chi connectivity index (χ3n) is 2.31. The number of thioether (sulfide) groups is 1. The molecule has 0 aromatic carbocycles. The molecule has 1 aromatic heterocycles. The van der Waals surface area contributed by atoms with Crippen molar-refractivity contribution in [3.8, 4) is 0 Å². The van der Waals surface area contributed by atoms with Crippen LogP contribution >= 0.6 is 23.1 Å². The second-order valence-electron chi connectivity index (χ2n) is 3.32. The largest absolute Gasteiger partial charge is 0.292 e. The standard InChI is InChI=1S/C10H11FOS2/c11-7-4-6-14-10(7)9(12)8-3-1-2-5-13-8/h4,6,8H,1-3,5H2. The van der Waals surface area contributed by atoms with E-state index in [1.165, 1.54) is 23.8 Å². The van der Waals surface area contributed by atoms with E-state index < -0.39 is 0 Å². The maximum Gasteiger partial charge on any atom is 0.188 e. The number of Topliss-reactive ketones (excluding diaryl/α,β-unsaturated/α-hetero) is 1. The van der Waals surface area contributed by atoms with Gasteiger partial charge in [-0.15, -0.1) is 11.3 Å². The summed E-state index contributed by atoms with van der Waals surface area (Å²) >= 11 is 2.88. The summed E-state index contributed by atoms with van der Waals surface area (Å²) in [5, 5.41) is 1.63. The molecule has 14 heavy (non-hydrogen) atoms. The fourth-order valence-electron chi connectivity index (χ4n) is 1.56. The zero-order valence-corrected chi connectivity index (χ0v) is 9.30. The highest BCUT2D eigenvalue weighted by atomic mass is 32.2. The monoisotopic (exact) mass is 230 g/mol. The fraction of sp³-hybridized carbons (Fsp3) is 0.500. The van der Waals surface area contributed by atoms with E-state index in [1.807, 2.05) is 0 Å². The van der Waals surface area contributed by atoms with Gasteiger partial charge in [0.15, 0.2) is 5.78 Å². The van der Waals surface area contributed by atoms with Gasteiger partial charge in [-0.1, -0.05) is 6.42 Å². The molecule has 1 fully saturated rings. The Bertz CT molecular complexity index is 329. The second kappa shape index (κ2) is 4.45. The number of ketones is 1. The first-order valence-electron chi connectivity index (χ1n) is 4.68. The van der Waals surface area contributed by atoms with Crippen LogP contribution in [0, 0.1) is 5.82 Å². The topological polar surface area (TPSA) is 17.1 Å². The van der Waals surface area contributed by atoms with Gasteiger partial charge in [0, 0.05) is 0 Å². The second-order valence-corrected chi connectivity index (χ2v) is 5.54. The molecule has 1 saturated heterocycles. The van der Waals surface area contributed by atoms with Gasteiger partial charge >= 0.3 is 0 Å². The van der Waals surface area contributed by atoms with E-state index >= 15 is 0 Å². The van der Waals surface area contributed by atoms with Crippen LogP contribution in [0.4, 0.5) is 4.39 Å². The van der Waals surface area contributed by atoms with Gasteiger partial charge in [0.05, 0.1) is 5.25 Å².